The van der Waals surface area contributed by atoms with Crippen molar-refractivity contribution in [2.24, 2.45) is 5.92 Å². The van der Waals surface area contributed by atoms with Gasteiger partial charge < -0.3 is 15.0 Å². The normalized spacial score (nSPS) is 18.0. The van der Waals surface area contributed by atoms with Crippen molar-refractivity contribution in [2.75, 3.05) is 26.7 Å². The van der Waals surface area contributed by atoms with Gasteiger partial charge in [0.2, 0.25) is 6.10 Å². The minimum absolute atomic E-state index is 0.102. The van der Waals surface area contributed by atoms with Crippen molar-refractivity contribution in [1.82, 2.24) is 10.2 Å². The van der Waals surface area contributed by atoms with Crippen molar-refractivity contribution in [3.8, 4) is 5.75 Å². The molecule has 138 valence electrons. The number of carbonyl (C=O) groups excluding carboxylic acids is 1. The summed E-state index contributed by atoms with van der Waals surface area (Å²) in [6.45, 7) is 2.28. The SMILES string of the molecule is CNCC1CCN(C(=O)C(Oc2ccc(F)cc2Cl)c2ccccc2)C1. The molecule has 4 nitrogen and oxygen atoms in total. The van der Waals surface area contributed by atoms with Gasteiger partial charge in [0.05, 0.1) is 5.02 Å². The lowest BCUT2D eigenvalue weighted by Crippen LogP contribution is -2.36. The van der Waals surface area contributed by atoms with E-state index in [1.54, 1.807) is 0 Å². The van der Waals surface area contributed by atoms with E-state index in [4.69, 9.17) is 16.3 Å². The van der Waals surface area contributed by atoms with Gasteiger partial charge >= 0.3 is 0 Å². The number of nitrogens with zero attached hydrogens (tertiary/aromatic N) is 1. The van der Waals surface area contributed by atoms with E-state index in [2.05, 4.69) is 5.32 Å². The maximum absolute atomic E-state index is 13.3. The van der Waals surface area contributed by atoms with Crippen molar-refractivity contribution in [3.63, 3.8) is 0 Å². The maximum Gasteiger partial charge on any atom is 0.268 e. The van der Waals surface area contributed by atoms with Gasteiger partial charge in [0.15, 0.2) is 0 Å². The number of ether oxygens (including phenoxy) is 1. The number of hydrogen-bond donors (Lipinski definition) is 1. The first-order chi connectivity index (χ1) is 12.6. The number of likely N-dealkylation sites (tertiary alicyclic amines) is 1. The molecular formula is C20H22ClFN2O2. The van der Waals surface area contributed by atoms with Crippen molar-refractivity contribution >= 4 is 17.5 Å². The molecule has 0 saturated carbocycles. The Labute approximate surface area is 157 Å². The zero-order chi connectivity index (χ0) is 18.5. The van der Waals surface area contributed by atoms with Gasteiger partial charge in [0, 0.05) is 18.7 Å². The largest absolute Gasteiger partial charge is 0.474 e. The Morgan fingerprint density at radius 1 is 1.35 bits per heavy atom. The van der Waals surface area contributed by atoms with Crippen LogP contribution in [-0.2, 0) is 4.79 Å². The van der Waals surface area contributed by atoms with E-state index in [0.717, 1.165) is 18.5 Å². The Bertz CT molecular complexity index is 757. The van der Waals surface area contributed by atoms with Crippen LogP contribution in [0.1, 0.15) is 18.1 Å². The van der Waals surface area contributed by atoms with Gasteiger partial charge in [-0.25, -0.2) is 4.39 Å². The Morgan fingerprint density at radius 2 is 2.12 bits per heavy atom. The lowest BCUT2D eigenvalue weighted by molar-refractivity contribution is -0.138. The second-order valence-corrected chi connectivity index (χ2v) is 6.89. The Balaban J connectivity index is 1.83. The van der Waals surface area contributed by atoms with E-state index >= 15 is 0 Å². The van der Waals surface area contributed by atoms with Crippen LogP contribution in [0, 0.1) is 11.7 Å². The van der Waals surface area contributed by atoms with E-state index in [1.165, 1.54) is 18.2 Å². The third-order valence-electron chi connectivity index (χ3n) is 4.56. The van der Waals surface area contributed by atoms with Gasteiger partial charge in [-0.1, -0.05) is 41.9 Å². The highest BCUT2D eigenvalue weighted by atomic mass is 35.5. The smallest absolute Gasteiger partial charge is 0.268 e. The monoisotopic (exact) mass is 376 g/mol. The summed E-state index contributed by atoms with van der Waals surface area (Å²) < 4.78 is 19.3. The molecule has 2 unspecified atom stereocenters. The molecule has 1 saturated heterocycles. The maximum atomic E-state index is 13.3. The summed E-state index contributed by atoms with van der Waals surface area (Å²) in [6.07, 6.45) is 0.151. The minimum Gasteiger partial charge on any atom is -0.474 e. The van der Waals surface area contributed by atoms with Gasteiger partial charge in [0.1, 0.15) is 11.6 Å². The minimum atomic E-state index is -0.813. The van der Waals surface area contributed by atoms with Crippen molar-refractivity contribution in [3.05, 3.63) is 64.9 Å². The summed E-state index contributed by atoms with van der Waals surface area (Å²) in [5, 5.41) is 3.31. The molecule has 1 amide bonds. The van der Waals surface area contributed by atoms with Gasteiger partial charge in [-0.3, -0.25) is 4.79 Å². The number of nitrogens with one attached hydrogen (secondary N) is 1. The molecule has 1 aliphatic rings. The number of halogens is 2. The first-order valence-electron chi connectivity index (χ1n) is 8.68. The highest BCUT2D eigenvalue weighted by Crippen LogP contribution is 2.31. The number of amides is 1. The average molecular weight is 377 g/mol. The third-order valence-corrected chi connectivity index (χ3v) is 4.85. The number of rotatable bonds is 6. The van der Waals surface area contributed by atoms with Crippen LogP contribution in [0.5, 0.6) is 5.75 Å². The predicted octanol–water partition coefficient (Wildman–Crippen LogP) is 3.67. The Kier molecular flexibility index (Phi) is 6.12. The molecule has 2 aromatic rings. The van der Waals surface area contributed by atoms with Crippen molar-refractivity contribution in [1.29, 1.82) is 0 Å². The molecule has 1 aliphatic heterocycles. The summed E-state index contributed by atoms with van der Waals surface area (Å²) in [5.41, 5.74) is 0.745. The number of benzene rings is 2. The molecule has 0 aromatic heterocycles. The average Bonchev–Trinajstić information content (AvgIpc) is 3.10. The van der Waals surface area contributed by atoms with Crippen LogP contribution in [0.25, 0.3) is 0 Å². The molecular weight excluding hydrogens is 355 g/mol. The molecule has 0 spiro atoms. The second-order valence-electron chi connectivity index (χ2n) is 6.48. The van der Waals surface area contributed by atoms with Crippen LogP contribution >= 0.6 is 11.6 Å². The lowest BCUT2D eigenvalue weighted by Gasteiger charge is -2.25. The van der Waals surface area contributed by atoms with E-state index in [-0.39, 0.29) is 10.9 Å². The number of hydrogen-bond acceptors (Lipinski definition) is 3. The van der Waals surface area contributed by atoms with Gasteiger partial charge in [-0.15, -0.1) is 0 Å². The Hall–Kier alpha value is -2.11. The zero-order valence-corrected chi connectivity index (χ0v) is 15.4. The third kappa shape index (κ3) is 4.34. The van der Waals surface area contributed by atoms with Crippen molar-refractivity contribution in [2.45, 2.75) is 12.5 Å². The molecule has 0 bridgehead atoms. The number of carbonyl (C=O) groups is 1. The fourth-order valence-corrected chi connectivity index (χ4v) is 3.45. The van der Waals surface area contributed by atoms with Crippen LogP contribution in [0.3, 0.4) is 0 Å². The molecule has 0 aliphatic carbocycles. The summed E-state index contributed by atoms with van der Waals surface area (Å²) in [4.78, 5) is 15.0. The quantitative estimate of drug-likeness (QED) is 0.836. The molecule has 26 heavy (non-hydrogen) atoms. The molecule has 3 rings (SSSR count). The molecule has 1 fully saturated rings. The van der Waals surface area contributed by atoms with E-state index in [1.807, 2.05) is 42.3 Å². The molecule has 1 N–H and O–H groups in total. The first kappa shape index (κ1) is 18.7. The fraction of sp³-hybridized carbons (Fsp3) is 0.350. The molecule has 6 heteroatoms. The van der Waals surface area contributed by atoms with E-state index < -0.39 is 11.9 Å². The second kappa shape index (κ2) is 8.52. The standard InChI is InChI=1S/C20H22ClFN2O2/c1-23-12-14-9-10-24(13-14)20(25)19(15-5-3-2-4-6-15)26-18-8-7-16(22)11-17(18)21/h2-8,11,14,19,23H,9-10,12-13H2,1H3. The highest BCUT2D eigenvalue weighted by Gasteiger charge is 2.33. The van der Waals surface area contributed by atoms with Crippen molar-refractivity contribution < 1.29 is 13.9 Å². The Morgan fingerprint density at radius 3 is 2.81 bits per heavy atom. The first-order valence-corrected chi connectivity index (χ1v) is 9.06. The van der Waals surface area contributed by atoms with Crippen LogP contribution < -0.4 is 10.1 Å². The van der Waals surface area contributed by atoms with Gasteiger partial charge in [0.25, 0.3) is 5.91 Å². The zero-order valence-electron chi connectivity index (χ0n) is 14.6. The van der Waals surface area contributed by atoms with E-state index in [9.17, 15) is 9.18 Å². The highest BCUT2D eigenvalue weighted by molar-refractivity contribution is 6.32. The summed E-state index contributed by atoms with van der Waals surface area (Å²) >= 11 is 6.09. The van der Waals surface area contributed by atoms with Gasteiger partial charge in [-0.05, 0) is 44.1 Å². The predicted molar refractivity (Wildman–Crippen MR) is 99.8 cm³/mol. The van der Waals surface area contributed by atoms with Crippen LogP contribution in [0.15, 0.2) is 48.5 Å². The summed E-state index contributed by atoms with van der Waals surface area (Å²) in [6, 6.07) is 13.2. The summed E-state index contributed by atoms with van der Waals surface area (Å²) in [5.74, 6) is 0.186. The molecule has 2 atom stereocenters. The fourth-order valence-electron chi connectivity index (χ4n) is 3.24. The molecule has 0 radical (unpaired) electrons. The topological polar surface area (TPSA) is 41.6 Å². The van der Waals surface area contributed by atoms with Crippen LogP contribution in [0.4, 0.5) is 4.39 Å². The van der Waals surface area contributed by atoms with Crippen LogP contribution in [0.2, 0.25) is 5.02 Å². The van der Waals surface area contributed by atoms with Crippen LogP contribution in [-0.4, -0.2) is 37.5 Å². The van der Waals surface area contributed by atoms with Gasteiger partial charge in [-0.2, -0.15) is 0 Å². The molecule has 1 heterocycles. The van der Waals surface area contributed by atoms with E-state index in [0.29, 0.717) is 24.8 Å². The molecule has 2 aromatic carbocycles. The lowest BCUT2D eigenvalue weighted by atomic mass is 10.1. The summed E-state index contributed by atoms with van der Waals surface area (Å²) in [7, 11) is 1.91.